The molecule has 0 aliphatic carbocycles. The van der Waals surface area contributed by atoms with Crippen LogP contribution in [0.25, 0.3) is 0 Å². The number of rotatable bonds is 6. The van der Waals surface area contributed by atoms with Crippen LogP contribution in [0, 0.1) is 5.41 Å². The minimum absolute atomic E-state index is 0.160. The molecule has 1 heterocycles. The molecule has 0 aromatic rings. The van der Waals surface area contributed by atoms with Crippen LogP contribution in [0.5, 0.6) is 0 Å². The van der Waals surface area contributed by atoms with Crippen molar-refractivity contribution < 1.29 is 19.1 Å². The lowest BCUT2D eigenvalue weighted by Crippen LogP contribution is -2.64. The standard InChI is InChI=1S/C13H22N2O4/c1-5-13(6-2)10(16)14-12(18)15(11(13)17)8-9(4)19-7-3/h9H,5-8H2,1-4H3,(H,14,16,18). The smallest absolute Gasteiger partial charge is 0.330 e. The zero-order valence-electron chi connectivity index (χ0n) is 12.0. The molecule has 0 saturated carbocycles. The number of nitrogens with one attached hydrogen (secondary N) is 1. The molecular weight excluding hydrogens is 248 g/mol. The van der Waals surface area contributed by atoms with Gasteiger partial charge in [0, 0.05) is 6.61 Å². The normalized spacial score (nSPS) is 20.4. The maximum Gasteiger partial charge on any atom is 0.330 e. The maximum atomic E-state index is 12.5. The predicted molar refractivity (Wildman–Crippen MR) is 69.4 cm³/mol. The Morgan fingerprint density at radius 3 is 2.26 bits per heavy atom. The molecule has 4 amide bonds. The third-order valence-electron chi connectivity index (χ3n) is 3.65. The highest BCUT2D eigenvalue weighted by atomic mass is 16.5. The lowest BCUT2D eigenvalue weighted by atomic mass is 9.78. The van der Waals surface area contributed by atoms with Gasteiger partial charge in [0.2, 0.25) is 11.8 Å². The molecule has 6 nitrogen and oxygen atoms in total. The van der Waals surface area contributed by atoms with Crippen LogP contribution in [0.1, 0.15) is 40.5 Å². The fraction of sp³-hybridized carbons (Fsp3) is 0.769. The molecule has 6 heteroatoms. The van der Waals surface area contributed by atoms with E-state index in [1.807, 2.05) is 6.92 Å². The van der Waals surface area contributed by atoms with E-state index in [1.54, 1.807) is 20.8 Å². The molecule has 1 N–H and O–H groups in total. The van der Waals surface area contributed by atoms with Gasteiger partial charge in [-0.3, -0.25) is 19.8 Å². The molecule has 0 bridgehead atoms. The van der Waals surface area contributed by atoms with Crippen LogP contribution in [0.4, 0.5) is 4.79 Å². The minimum Gasteiger partial charge on any atom is -0.377 e. The molecule has 1 fully saturated rings. The van der Waals surface area contributed by atoms with Gasteiger partial charge in [-0.1, -0.05) is 13.8 Å². The first-order valence-corrected chi connectivity index (χ1v) is 6.71. The number of hydrogen-bond donors (Lipinski definition) is 1. The summed E-state index contributed by atoms with van der Waals surface area (Å²) in [5, 5.41) is 2.27. The molecule has 1 aliphatic rings. The fourth-order valence-electron chi connectivity index (χ4n) is 2.37. The van der Waals surface area contributed by atoms with Crippen molar-refractivity contribution in [2.75, 3.05) is 13.2 Å². The first-order valence-electron chi connectivity index (χ1n) is 6.71. The lowest BCUT2D eigenvalue weighted by molar-refractivity contribution is -0.153. The number of carbonyl (C=O) groups is 3. The van der Waals surface area contributed by atoms with Gasteiger partial charge in [-0.25, -0.2) is 4.79 Å². The van der Waals surface area contributed by atoms with Crippen LogP contribution >= 0.6 is 0 Å². The van der Waals surface area contributed by atoms with Gasteiger partial charge in [0.15, 0.2) is 0 Å². The Morgan fingerprint density at radius 2 is 1.79 bits per heavy atom. The number of ether oxygens (including phenoxy) is 1. The number of imide groups is 2. The van der Waals surface area contributed by atoms with Gasteiger partial charge in [0.05, 0.1) is 12.6 Å². The highest BCUT2D eigenvalue weighted by Crippen LogP contribution is 2.32. The first kappa shape index (κ1) is 15.6. The van der Waals surface area contributed by atoms with Crippen molar-refractivity contribution in [3.63, 3.8) is 0 Å². The van der Waals surface area contributed by atoms with Gasteiger partial charge < -0.3 is 4.74 Å². The topological polar surface area (TPSA) is 75.7 Å². The van der Waals surface area contributed by atoms with Crippen molar-refractivity contribution >= 4 is 17.8 Å². The van der Waals surface area contributed by atoms with Crippen molar-refractivity contribution in [3.05, 3.63) is 0 Å². The summed E-state index contributed by atoms with van der Waals surface area (Å²) in [7, 11) is 0. The van der Waals surface area contributed by atoms with Crippen molar-refractivity contribution in [1.82, 2.24) is 10.2 Å². The SMILES string of the molecule is CCOC(C)CN1C(=O)NC(=O)C(CC)(CC)C1=O. The summed E-state index contributed by atoms with van der Waals surface area (Å²) in [5.74, 6) is -0.911. The molecular formula is C13H22N2O4. The summed E-state index contributed by atoms with van der Waals surface area (Å²) < 4.78 is 5.34. The molecule has 1 aliphatic heterocycles. The van der Waals surface area contributed by atoms with E-state index >= 15 is 0 Å². The molecule has 0 radical (unpaired) electrons. The number of nitrogens with zero attached hydrogens (tertiary/aromatic N) is 1. The molecule has 1 atom stereocenters. The number of barbiturate groups is 1. The Labute approximate surface area is 113 Å². The molecule has 1 unspecified atom stereocenters. The number of carbonyl (C=O) groups excluding carboxylic acids is 3. The second-order valence-electron chi connectivity index (χ2n) is 4.73. The summed E-state index contributed by atoms with van der Waals surface area (Å²) in [6, 6.07) is -0.654. The highest BCUT2D eigenvalue weighted by Gasteiger charge is 2.51. The second-order valence-corrected chi connectivity index (χ2v) is 4.73. The highest BCUT2D eigenvalue weighted by molar-refractivity contribution is 6.19. The molecule has 1 saturated heterocycles. The first-order chi connectivity index (χ1) is 8.92. The third kappa shape index (κ3) is 2.78. The van der Waals surface area contributed by atoms with Gasteiger partial charge in [0.25, 0.3) is 0 Å². The van der Waals surface area contributed by atoms with E-state index in [2.05, 4.69) is 5.32 Å². The van der Waals surface area contributed by atoms with E-state index in [0.29, 0.717) is 19.4 Å². The fourth-order valence-corrected chi connectivity index (χ4v) is 2.37. The second kappa shape index (κ2) is 6.14. The monoisotopic (exact) mass is 270 g/mol. The van der Waals surface area contributed by atoms with E-state index in [4.69, 9.17) is 4.74 Å². The summed E-state index contributed by atoms with van der Waals surface area (Å²) in [6.45, 7) is 7.87. The van der Waals surface area contributed by atoms with E-state index in [0.717, 1.165) is 4.90 Å². The molecule has 108 valence electrons. The average Bonchev–Trinajstić information content (AvgIpc) is 2.36. The third-order valence-corrected chi connectivity index (χ3v) is 3.65. The van der Waals surface area contributed by atoms with Crippen molar-refractivity contribution in [2.45, 2.75) is 46.6 Å². The zero-order chi connectivity index (χ0) is 14.6. The van der Waals surface area contributed by atoms with Crippen molar-refractivity contribution in [2.24, 2.45) is 5.41 Å². The maximum absolute atomic E-state index is 12.5. The Hall–Kier alpha value is -1.43. The van der Waals surface area contributed by atoms with Gasteiger partial charge in [0.1, 0.15) is 5.41 Å². The largest absolute Gasteiger partial charge is 0.377 e. The molecule has 1 rings (SSSR count). The van der Waals surface area contributed by atoms with E-state index in [9.17, 15) is 14.4 Å². The Kier molecular flexibility index (Phi) is 5.05. The quantitative estimate of drug-likeness (QED) is 0.738. The van der Waals surface area contributed by atoms with Crippen LogP contribution in [0.15, 0.2) is 0 Å². The molecule has 0 aromatic carbocycles. The summed E-state index contributed by atoms with van der Waals surface area (Å²) in [5.41, 5.74) is -1.13. The lowest BCUT2D eigenvalue weighted by Gasteiger charge is -2.38. The van der Waals surface area contributed by atoms with Crippen LogP contribution in [0.3, 0.4) is 0 Å². The Bertz CT molecular complexity index is 377. The summed E-state index contributed by atoms with van der Waals surface area (Å²) in [6.07, 6.45) is 0.501. The van der Waals surface area contributed by atoms with Gasteiger partial charge in [-0.05, 0) is 26.7 Å². The van der Waals surface area contributed by atoms with E-state index in [1.165, 1.54) is 0 Å². The van der Waals surface area contributed by atoms with Crippen LogP contribution in [-0.4, -0.2) is 42.0 Å². The van der Waals surface area contributed by atoms with E-state index < -0.39 is 23.3 Å². The zero-order valence-corrected chi connectivity index (χ0v) is 12.0. The molecule has 0 aromatic heterocycles. The van der Waals surface area contributed by atoms with Crippen molar-refractivity contribution in [3.8, 4) is 0 Å². The number of amides is 4. The van der Waals surface area contributed by atoms with Gasteiger partial charge in [-0.2, -0.15) is 0 Å². The summed E-state index contributed by atoms with van der Waals surface area (Å²) in [4.78, 5) is 37.3. The summed E-state index contributed by atoms with van der Waals surface area (Å²) >= 11 is 0. The Balaban J connectivity index is 2.95. The van der Waals surface area contributed by atoms with Gasteiger partial charge in [-0.15, -0.1) is 0 Å². The van der Waals surface area contributed by atoms with E-state index in [-0.39, 0.29) is 12.6 Å². The number of hydrogen-bond acceptors (Lipinski definition) is 4. The molecule has 0 spiro atoms. The number of urea groups is 1. The van der Waals surface area contributed by atoms with Crippen molar-refractivity contribution in [1.29, 1.82) is 0 Å². The predicted octanol–water partition coefficient (Wildman–Crippen LogP) is 1.30. The minimum atomic E-state index is -1.13. The van der Waals surface area contributed by atoms with Crippen LogP contribution < -0.4 is 5.32 Å². The average molecular weight is 270 g/mol. The van der Waals surface area contributed by atoms with Crippen LogP contribution in [0.2, 0.25) is 0 Å². The molecule has 19 heavy (non-hydrogen) atoms. The van der Waals surface area contributed by atoms with Gasteiger partial charge >= 0.3 is 6.03 Å². The van der Waals surface area contributed by atoms with Crippen LogP contribution in [-0.2, 0) is 14.3 Å². The Morgan fingerprint density at radius 1 is 1.21 bits per heavy atom.